The van der Waals surface area contributed by atoms with Gasteiger partial charge < -0.3 is 13.9 Å². The van der Waals surface area contributed by atoms with Crippen LogP contribution in [0.4, 0.5) is 0 Å². The van der Waals surface area contributed by atoms with Crippen molar-refractivity contribution in [1.29, 1.82) is 0 Å². The fourth-order valence-electron chi connectivity index (χ4n) is 3.01. The third-order valence-corrected chi connectivity index (χ3v) is 5.46. The van der Waals surface area contributed by atoms with E-state index < -0.39 is 0 Å². The lowest BCUT2D eigenvalue weighted by Crippen LogP contribution is -2.01. The van der Waals surface area contributed by atoms with E-state index in [1.54, 1.807) is 20.3 Å². The maximum absolute atomic E-state index is 5.81. The van der Waals surface area contributed by atoms with Gasteiger partial charge in [-0.05, 0) is 36.4 Å². The molecule has 0 atom stereocenters. The Morgan fingerprint density at radius 1 is 1.00 bits per heavy atom. The van der Waals surface area contributed by atoms with E-state index in [9.17, 15) is 0 Å². The van der Waals surface area contributed by atoms with Crippen LogP contribution in [0.3, 0.4) is 0 Å². The summed E-state index contributed by atoms with van der Waals surface area (Å²) >= 11 is 1.47. The zero-order valence-corrected chi connectivity index (χ0v) is 18.0. The molecule has 0 saturated carbocycles. The predicted molar refractivity (Wildman–Crippen MR) is 118 cm³/mol. The number of methoxy groups -OCH3 is 2. The maximum Gasteiger partial charge on any atom is 0.247 e. The van der Waals surface area contributed by atoms with E-state index in [1.165, 1.54) is 11.8 Å². The summed E-state index contributed by atoms with van der Waals surface area (Å²) in [7, 11) is 3.26. The van der Waals surface area contributed by atoms with Gasteiger partial charge in [0.15, 0.2) is 11.0 Å². The Hall–Kier alpha value is -3.59. The van der Waals surface area contributed by atoms with Crippen molar-refractivity contribution in [2.24, 2.45) is 0 Å². The molecule has 158 valence electrons. The minimum Gasteiger partial charge on any atom is -0.497 e. The lowest BCUT2D eigenvalue weighted by Gasteiger charge is -2.10. The SMILES string of the molecule is C=CCn1c(SCc2nnc(-c3ccc(OC)cc3)o2)nnc1-c1ccccc1OC. The van der Waals surface area contributed by atoms with Crippen molar-refractivity contribution in [2.75, 3.05) is 14.2 Å². The lowest BCUT2D eigenvalue weighted by atomic mass is 10.2. The predicted octanol–water partition coefficient (Wildman–Crippen LogP) is 4.49. The normalized spacial score (nSPS) is 10.8. The van der Waals surface area contributed by atoms with Crippen LogP contribution in [-0.2, 0) is 12.3 Å². The van der Waals surface area contributed by atoms with Gasteiger partial charge in [0.1, 0.15) is 11.5 Å². The molecule has 0 radical (unpaired) electrons. The van der Waals surface area contributed by atoms with Gasteiger partial charge in [-0.25, -0.2) is 0 Å². The summed E-state index contributed by atoms with van der Waals surface area (Å²) < 4.78 is 18.4. The number of ether oxygens (including phenoxy) is 2. The highest BCUT2D eigenvalue weighted by Gasteiger charge is 2.18. The number of benzene rings is 2. The van der Waals surface area contributed by atoms with Crippen LogP contribution in [0.25, 0.3) is 22.8 Å². The molecule has 9 heteroatoms. The van der Waals surface area contributed by atoms with Gasteiger partial charge in [0, 0.05) is 12.1 Å². The number of rotatable bonds is 9. The standard InChI is InChI=1S/C22H21N5O3S/c1-4-13-27-20(17-7-5-6-8-18(17)29-3)24-26-22(27)31-14-19-23-25-21(30-19)15-9-11-16(28-2)12-10-15/h4-12H,1,13-14H2,2-3H3. The molecule has 0 aliphatic heterocycles. The van der Waals surface area contributed by atoms with Gasteiger partial charge >= 0.3 is 0 Å². The quantitative estimate of drug-likeness (QED) is 0.281. The molecular formula is C22H21N5O3S. The third-order valence-electron chi connectivity index (χ3n) is 4.50. The zero-order chi connectivity index (χ0) is 21.6. The molecule has 0 amide bonds. The molecule has 0 aliphatic carbocycles. The van der Waals surface area contributed by atoms with Crippen molar-refractivity contribution in [3.63, 3.8) is 0 Å². The number of hydrogen-bond acceptors (Lipinski definition) is 8. The Bertz CT molecular complexity index is 1170. The molecule has 0 bridgehead atoms. The first-order valence-corrected chi connectivity index (χ1v) is 10.5. The molecule has 31 heavy (non-hydrogen) atoms. The van der Waals surface area contributed by atoms with Crippen LogP contribution in [0.2, 0.25) is 0 Å². The average molecular weight is 436 g/mol. The van der Waals surface area contributed by atoms with Gasteiger partial charge in [0.25, 0.3) is 0 Å². The van der Waals surface area contributed by atoms with Crippen molar-refractivity contribution in [1.82, 2.24) is 25.0 Å². The second kappa shape index (κ2) is 9.48. The first kappa shape index (κ1) is 20.7. The minimum atomic E-state index is 0.459. The summed E-state index contributed by atoms with van der Waals surface area (Å²) in [6.45, 7) is 4.41. The maximum atomic E-state index is 5.81. The summed E-state index contributed by atoms with van der Waals surface area (Å²) in [5, 5.41) is 17.8. The van der Waals surface area contributed by atoms with Crippen molar-refractivity contribution in [2.45, 2.75) is 17.5 Å². The summed E-state index contributed by atoms with van der Waals surface area (Å²) in [5.74, 6) is 3.64. The number of para-hydroxylation sites is 1. The Balaban J connectivity index is 1.53. The van der Waals surface area contributed by atoms with Crippen LogP contribution >= 0.6 is 11.8 Å². The second-order valence-electron chi connectivity index (χ2n) is 6.42. The fourth-order valence-corrected chi connectivity index (χ4v) is 3.79. The Labute approximate surface area is 183 Å². The van der Waals surface area contributed by atoms with Gasteiger partial charge in [-0.3, -0.25) is 4.57 Å². The van der Waals surface area contributed by atoms with Gasteiger partial charge in [-0.15, -0.1) is 27.0 Å². The number of allylic oxidation sites excluding steroid dienone is 1. The summed E-state index contributed by atoms with van der Waals surface area (Å²) in [6.07, 6.45) is 1.81. The first-order valence-electron chi connectivity index (χ1n) is 9.50. The van der Waals surface area contributed by atoms with Crippen LogP contribution < -0.4 is 9.47 Å². The van der Waals surface area contributed by atoms with Crippen molar-refractivity contribution < 1.29 is 13.9 Å². The average Bonchev–Trinajstić information content (AvgIpc) is 3.45. The van der Waals surface area contributed by atoms with Crippen LogP contribution in [0.5, 0.6) is 11.5 Å². The van der Waals surface area contributed by atoms with Crippen LogP contribution in [0, 0.1) is 0 Å². The zero-order valence-electron chi connectivity index (χ0n) is 17.2. The van der Waals surface area contributed by atoms with Crippen molar-refractivity contribution >= 4 is 11.8 Å². The Kier molecular flexibility index (Phi) is 6.32. The first-order chi connectivity index (χ1) is 15.2. The molecule has 2 aromatic carbocycles. The minimum absolute atomic E-state index is 0.459. The van der Waals surface area contributed by atoms with Gasteiger partial charge in [0.05, 0.1) is 25.5 Å². The van der Waals surface area contributed by atoms with E-state index in [4.69, 9.17) is 13.9 Å². The number of thioether (sulfide) groups is 1. The second-order valence-corrected chi connectivity index (χ2v) is 7.37. The third kappa shape index (κ3) is 4.46. The molecule has 2 aromatic heterocycles. The van der Waals surface area contributed by atoms with Gasteiger partial charge in [-0.1, -0.05) is 30.0 Å². The van der Waals surface area contributed by atoms with Crippen LogP contribution in [-0.4, -0.2) is 39.2 Å². The molecule has 0 spiro atoms. The van der Waals surface area contributed by atoms with Gasteiger partial charge in [0.2, 0.25) is 11.8 Å². The summed E-state index contributed by atoms with van der Waals surface area (Å²) in [4.78, 5) is 0. The highest BCUT2D eigenvalue weighted by molar-refractivity contribution is 7.98. The molecule has 0 fully saturated rings. The monoisotopic (exact) mass is 435 g/mol. The molecule has 2 heterocycles. The lowest BCUT2D eigenvalue weighted by molar-refractivity contribution is 0.415. The number of nitrogens with zero attached hydrogens (tertiary/aromatic N) is 5. The molecule has 0 unspecified atom stereocenters. The smallest absolute Gasteiger partial charge is 0.247 e. The highest BCUT2D eigenvalue weighted by Crippen LogP contribution is 2.32. The highest BCUT2D eigenvalue weighted by atomic mass is 32.2. The summed E-state index contributed by atoms with van der Waals surface area (Å²) in [5.41, 5.74) is 1.70. The van der Waals surface area contributed by atoms with E-state index in [1.807, 2.05) is 53.1 Å². The van der Waals surface area contributed by atoms with E-state index in [0.29, 0.717) is 29.9 Å². The van der Waals surface area contributed by atoms with E-state index in [0.717, 1.165) is 27.8 Å². The number of hydrogen-bond donors (Lipinski definition) is 0. The fraction of sp³-hybridized carbons (Fsp3) is 0.182. The van der Waals surface area contributed by atoms with Crippen LogP contribution in [0.1, 0.15) is 5.89 Å². The van der Waals surface area contributed by atoms with E-state index >= 15 is 0 Å². The molecule has 0 N–H and O–H groups in total. The van der Waals surface area contributed by atoms with Crippen molar-refractivity contribution in [3.05, 3.63) is 67.1 Å². The Morgan fingerprint density at radius 3 is 2.55 bits per heavy atom. The van der Waals surface area contributed by atoms with Crippen LogP contribution in [0.15, 0.2) is 70.8 Å². The van der Waals surface area contributed by atoms with E-state index in [2.05, 4.69) is 27.0 Å². The molecular weight excluding hydrogens is 414 g/mol. The molecule has 8 nitrogen and oxygen atoms in total. The molecule has 0 saturated heterocycles. The topological polar surface area (TPSA) is 88.1 Å². The van der Waals surface area contributed by atoms with E-state index in [-0.39, 0.29) is 0 Å². The summed E-state index contributed by atoms with van der Waals surface area (Å²) in [6, 6.07) is 15.2. The van der Waals surface area contributed by atoms with Crippen molar-refractivity contribution in [3.8, 4) is 34.3 Å². The Morgan fingerprint density at radius 2 is 1.81 bits per heavy atom. The largest absolute Gasteiger partial charge is 0.497 e. The number of aromatic nitrogens is 5. The molecule has 4 aromatic rings. The molecule has 0 aliphatic rings. The van der Waals surface area contributed by atoms with Gasteiger partial charge in [-0.2, -0.15) is 0 Å². The molecule has 4 rings (SSSR count).